The van der Waals surface area contributed by atoms with Crippen LogP contribution in [0.2, 0.25) is 0 Å². The number of carbonyl (C=O) groups excluding carboxylic acids is 1. The van der Waals surface area contributed by atoms with Gasteiger partial charge in [-0.25, -0.2) is 0 Å². The summed E-state index contributed by atoms with van der Waals surface area (Å²) in [4.78, 5) is 11.1. The van der Waals surface area contributed by atoms with Crippen molar-refractivity contribution in [1.82, 2.24) is 0 Å². The summed E-state index contributed by atoms with van der Waals surface area (Å²) >= 11 is 5.95. The number of Topliss-reactive ketones (excluding diaryl/α,β-unsaturated/α-hetero) is 1. The van der Waals surface area contributed by atoms with Gasteiger partial charge in [-0.15, -0.1) is 11.6 Å². The molecule has 1 unspecified atom stereocenters. The van der Waals surface area contributed by atoms with Crippen molar-refractivity contribution in [3.63, 3.8) is 0 Å². The number of hydrogen-bond donors (Lipinski definition) is 0. The molecule has 1 aromatic carbocycles. The van der Waals surface area contributed by atoms with Crippen molar-refractivity contribution in [2.45, 2.75) is 38.5 Å². The van der Waals surface area contributed by atoms with E-state index in [1.54, 1.807) is 0 Å². The van der Waals surface area contributed by atoms with Gasteiger partial charge in [0.2, 0.25) is 0 Å². The third-order valence-electron chi connectivity index (χ3n) is 2.55. The fourth-order valence-corrected chi connectivity index (χ4v) is 1.66. The number of ketones is 1. The Morgan fingerprint density at radius 1 is 1.29 bits per heavy atom. The van der Waals surface area contributed by atoms with Crippen molar-refractivity contribution in [1.29, 1.82) is 0 Å². The first-order valence-electron chi connectivity index (χ1n) is 6.02. The minimum Gasteiger partial charge on any atom is -0.494 e. The Morgan fingerprint density at radius 3 is 2.47 bits per heavy atom. The van der Waals surface area contributed by atoms with Crippen LogP contribution in [-0.4, -0.2) is 12.4 Å². The monoisotopic (exact) mass is 254 g/mol. The molecule has 0 aliphatic rings. The standard InChI is InChI=1S/C14H19ClO2/c1-3-4-5-10-17-13-8-6-12(7-9-13)14(15)11(2)16/h6-9,14H,3-5,10H2,1-2H3. The molecule has 0 aromatic heterocycles. The van der Waals surface area contributed by atoms with Crippen LogP contribution in [0.5, 0.6) is 5.75 Å². The summed E-state index contributed by atoms with van der Waals surface area (Å²) < 4.78 is 5.58. The maximum absolute atomic E-state index is 11.1. The average Bonchev–Trinajstić information content (AvgIpc) is 2.34. The quantitative estimate of drug-likeness (QED) is 0.540. The molecule has 0 radical (unpaired) electrons. The summed E-state index contributed by atoms with van der Waals surface area (Å²) in [6.45, 7) is 4.40. The SMILES string of the molecule is CCCCCOc1ccc(C(Cl)C(C)=O)cc1. The fraction of sp³-hybridized carbons (Fsp3) is 0.500. The van der Waals surface area contributed by atoms with Crippen molar-refractivity contribution < 1.29 is 9.53 Å². The molecule has 3 heteroatoms. The number of hydrogen-bond acceptors (Lipinski definition) is 2. The summed E-state index contributed by atoms with van der Waals surface area (Å²) in [7, 11) is 0. The topological polar surface area (TPSA) is 26.3 Å². The zero-order valence-corrected chi connectivity index (χ0v) is 11.2. The normalized spacial score (nSPS) is 12.2. The largest absolute Gasteiger partial charge is 0.494 e. The molecule has 1 rings (SSSR count). The number of unbranched alkanes of at least 4 members (excludes halogenated alkanes) is 2. The van der Waals surface area contributed by atoms with Crippen LogP contribution in [0.1, 0.15) is 44.1 Å². The van der Waals surface area contributed by atoms with Gasteiger partial charge in [0.1, 0.15) is 11.1 Å². The Hall–Kier alpha value is -1.02. The van der Waals surface area contributed by atoms with Crippen LogP contribution in [-0.2, 0) is 4.79 Å². The molecule has 0 aliphatic heterocycles. The number of benzene rings is 1. The van der Waals surface area contributed by atoms with Gasteiger partial charge in [-0.2, -0.15) is 0 Å². The highest BCUT2D eigenvalue weighted by molar-refractivity contribution is 6.30. The minimum absolute atomic E-state index is 0.0386. The Kier molecular flexibility index (Phi) is 6.06. The molecule has 0 amide bonds. The van der Waals surface area contributed by atoms with Gasteiger partial charge in [-0.05, 0) is 31.0 Å². The summed E-state index contributed by atoms with van der Waals surface area (Å²) in [5.74, 6) is 0.792. The van der Waals surface area contributed by atoms with E-state index in [-0.39, 0.29) is 5.78 Å². The molecule has 0 N–H and O–H groups in total. The third-order valence-corrected chi connectivity index (χ3v) is 3.11. The summed E-state index contributed by atoms with van der Waals surface area (Å²) in [6, 6.07) is 7.40. The lowest BCUT2D eigenvalue weighted by molar-refractivity contribution is -0.116. The van der Waals surface area contributed by atoms with Crippen molar-refractivity contribution in [3.8, 4) is 5.75 Å². The highest BCUT2D eigenvalue weighted by atomic mass is 35.5. The first-order valence-corrected chi connectivity index (χ1v) is 6.46. The van der Waals surface area contributed by atoms with Crippen molar-refractivity contribution in [3.05, 3.63) is 29.8 Å². The van der Waals surface area contributed by atoms with Gasteiger partial charge in [0, 0.05) is 0 Å². The second kappa shape index (κ2) is 7.33. The number of carbonyl (C=O) groups is 1. The number of halogens is 1. The van der Waals surface area contributed by atoms with E-state index in [1.807, 2.05) is 24.3 Å². The lowest BCUT2D eigenvalue weighted by Gasteiger charge is -2.08. The van der Waals surface area contributed by atoms with Crippen molar-refractivity contribution >= 4 is 17.4 Å². The van der Waals surface area contributed by atoms with Gasteiger partial charge < -0.3 is 4.74 Å². The summed E-state index contributed by atoms with van der Waals surface area (Å²) in [5.41, 5.74) is 0.820. The third kappa shape index (κ3) is 4.78. The van der Waals surface area contributed by atoms with Crippen LogP contribution in [0.25, 0.3) is 0 Å². The van der Waals surface area contributed by atoms with Crippen LogP contribution in [0.3, 0.4) is 0 Å². The molecule has 0 spiro atoms. The van der Waals surface area contributed by atoms with Gasteiger partial charge in [-0.1, -0.05) is 31.9 Å². The lowest BCUT2D eigenvalue weighted by atomic mass is 10.1. The maximum Gasteiger partial charge on any atom is 0.152 e. The van der Waals surface area contributed by atoms with Gasteiger partial charge in [0.25, 0.3) is 0 Å². The van der Waals surface area contributed by atoms with E-state index in [0.29, 0.717) is 0 Å². The lowest BCUT2D eigenvalue weighted by Crippen LogP contribution is -2.02. The zero-order chi connectivity index (χ0) is 12.7. The smallest absolute Gasteiger partial charge is 0.152 e. The highest BCUT2D eigenvalue weighted by Crippen LogP contribution is 2.23. The van der Waals surface area contributed by atoms with E-state index in [1.165, 1.54) is 19.8 Å². The second-order valence-corrected chi connectivity index (χ2v) is 4.53. The first-order chi connectivity index (χ1) is 8.15. The summed E-state index contributed by atoms with van der Waals surface area (Å²) in [6.07, 6.45) is 3.45. The predicted octanol–water partition coefficient (Wildman–Crippen LogP) is 4.12. The Labute approximate surface area is 108 Å². The van der Waals surface area contributed by atoms with E-state index >= 15 is 0 Å². The van der Waals surface area contributed by atoms with Crippen LogP contribution in [0, 0.1) is 0 Å². The van der Waals surface area contributed by atoms with Gasteiger partial charge in [-0.3, -0.25) is 4.79 Å². The van der Waals surface area contributed by atoms with Gasteiger partial charge >= 0.3 is 0 Å². The second-order valence-electron chi connectivity index (χ2n) is 4.10. The molecular formula is C14H19ClO2. The molecule has 1 atom stereocenters. The van der Waals surface area contributed by atoms with Crippen LogP contribution in [0.15, 0.2) is 24.3 Å². The molecule has 0 saturated carbocycles. The Morgan fingerprint density at radius 2 is 1.94 bits per heavy atom. The van der Waals surface area contributed by atoms with Crippen molar-refractivity contribution in [2.24, 2.45) is 0 Å². The number of ether oxygens (including phenoxy) is 1. The van der Waals surface area contributed by atoms with E-state index in [9.17, 15) is 4.79 Å². The van der Waals surface area contributed by atoms with E-state index < -0.39 is 5.38 Å². The highest BCUT2D eigenvalue weighted by Gasteiger charge is 2.12. The molecule has 0 bridgehead atoms. The summed E-state index contributed by atoms with van der Waals surface area (Å²) in [5, 5.41) is -0.552. The fourth-order valence-electron chi connectivity index (χ4n) is 1.51. The Bertz CT molecular complexity index is 346. The molecule has 0 heterocycles. The molecular weight excluding hydrogens is 236 g/mol. The van der Waals surface area contributed by atoms with Crippen molar-refractivity contribution in [2.75, 3.05) is 6.61 Å². The number of rotatable bonds is 7. The number of alkyl halides is 1. The van der Waals surface area contributed by atoms with Crippen LogP contribution >= 0.6 is 11.6 Å². The van der Waals surface area contributed by atoms with Gasteiger partial charge in [0.15, 0.2) is 5.78 Å². The maximum atomic E-state index is 11.1. The molecule has 94 valence electrons. The minimum atomic E-state index is -0.552. The van der Waals surface area contributed by atoms with Crippen LogP contribution in [0.4, 0.5) is 0 Å². The molecule has 1 aromatic rings. The average molecular weight is 255 g/mol. The van der Waals surface area contributed by atoms with E-state index in [4.69, 9.17) is 16.3 Å². The van der Waals surface area contributed by atoms with E-state index in [0.717, 1.165) is 24.3 Å². The first kappa shape index (κ1) is 14.0. The Balaban J connectivity index is 2.47. The molecule has 17 heavy (non-hydrogen) atoms. The van der Waals surface area contributed by atoms with Crippen LogP contribution < -0.4 is 4.74 Å². The predicted molar refractivity (Wildman–Crippen MR) is 70.7 cm³/mol. The molecule has 2 nitrogen and oxygen atoms in total. The zero-order valence-electron chi connectivity index (χ0n) is 10.4. The van der Waals surface area contributed by atoms with Gasteiger partial charge in [0.05, 0.1) is 6.61 Å². The molecule has 0 saturated heterocycles. The molecule has 0 fully saturated rings. The van der Waals surface area contributed by atoms with E-state index in [2.05, 4.69) is 6.92 Å². The molecule has 0 aliphatic carbocycles.